The first-order chi connectivity index (χ1) is 14.0. The van der Waals surface area contributed by atoms with E-state index in [1.807, 2.05) is 0 Å². The molecule has 1 fully saturated rings. The lowest BCUT2D eigenvalue weighted by atomic mass is 10.1. The third-order valence-corrected chi connectivity index (χ3v) is 5.64. The lowest BCUT2D eigenvalue weighted by Crippen LogP contribution is -2.46. The average Bonchev–Trinajstić information content (AvgIpc) is 2.72. The van der Waals surface area contributed by atoms with Gasteiger partial charge in [-0.05, 0) is 38.5 Å². The molecule has 0 spiro atoms. The minimum Gasteiger partial charge on any atom is -0.368 e. The van der Waals surface area contributed by atoms with Crippen LogP contribution in [0, 0.1) is 19.7 Å². The maximum atomic E-state index is 14.9. The molecule has 4 rings (SSSR count). The monoisotopic (exact) mass is 395 g/mol. The Morgan fingerprint density at radius 2 is 1.79 bits per heavy atom. The van der Waals surface area contributed by atoms with E-state index in [1.165, 1.54) is 5.69 Å². The summed E-state index contributed by atoms with van der Waals surface area (Å²) in [4.78, 5) is 27.9. The summed E-state index contributed by atoms with van der Waals surface area (Å²) >= 11 is 0. The highest BCUT2D eigenvalue weighted by Gasteiger charge is 2.21. The summed E-state index contributed by atoms with van der Waals surface area (Å²) in [6, 6.07) is 7.80. The molecule has 1 N–H and O–H groups in total. The van der Waals surface area contributed by atoms with E-state index in [2.05, 4.69) is 50.7 Å². The van der Waals surface area contributed by atoms with Crippen LogP contribution in [0.25, 0.3) is 11.0 Å². The van der Waals surface area contributed by atoms with Crippen LogP contribution in [0.1, 0.15) is 29.6 Å². The van der Waals surface area contributed by atoms with Crippen LogP contribution in [0.2, 0.25) is 0 Å². The Morgan fingerprint density at radius 3 is 2.48 bits per heavy atom. The first-order valence-electron chi connectivity index (χ1n) is 10.1. The number of halogens is 1. The van der Waals surface area contributed by atoms with Gasteiger partial charge in [0, 0.05) is 44.0 Å². The Kier molecular flexibility index (Phi) is 5.32. The fourth-order valence-electron chi connectivity index (χ4n) is 3.90. The molecule has 3 heterocycles. The highest BCUT2D eigenvalue weighted by Crippen LogP contribution is 2.23. The fraction of sp³-hybridized carbons (Fsp3) is 0.409. The molecule has 0 amide bonds. The van der Waals surface area contributed by atoms with Crippen LogP contribution in [-0.4, -0.2) is 46.0 Å². The number of piperazine rings is 1. The molecular weight excluding hydrogens is 369 g/mol. The second kappa shape index (κ2) is 7.91. The second-order valence-corrected chi connectivity index (χ2v) is 7.61. The summed E-state index contributed by atoms with van der Waals surface area (Å²) in [6.07, 6.45) is 0.937. The van der Waals surface area contributed by atoms with E-state index in [1.54, 1.807) is 19.1 Å². The van der Waals surface area contributed by atoms with Crippen molar-refractivity contribution in [2.24, 2.45) is 0 Å². The van der Waals surface area contributed by atoms with Gasteiger partial charge in [-0.2, -0.15) is 0 Å². The molecule has 1 aliphatic heterocycles. The smallest absolute Gasteiger partial charge is 0.269 e. The standard InChI is InChI=1S/C22H26FN5O/c1-4-17-6-8-19(14(2)24-17)28-11-9-27(10-12-28)13-16-5-7-18-21(20(16)23)26-22(29)15(3)25-18/h5-8H,4,9-13H2,1-3H3,(H,26,29). The average molecular weight is 395 g/mol. The Hall–Kier alpha value is -2.80. The van der Waals surface area contributed by atoms with Gasteiger partial charge in [-0.15, -0.1) is 0 Å². The minimum atomic E-state index is -0.385. The van der Waals surface area contributed by atoms with Gasteiger partial charge in [0.25, 0.3) is 5.56 Å². The molecule has 152 valence electrons. The highest BCUT2D eigenvalue weighted by molar-refractivity contribution is 5.75. The molecule has 7 heteroatoms. The van der Waals surface area contributed by atoms with Gasteiger partial charge in [0.2, 0.25) is 0 Å². The third-order valence-electron chi connectivity index (χ3n) is 5.64. The van der Waals surface area contributed by atoms with Gasteiger partial charge in [0.15, 0.2) is 5.82 Å². The summed E-state index contributed by atoms with van der Waals surface area (Å²) in [5.41, 5.74) is 4.60. The maximum Gasteiger partial charge on any atom is 0.269 e. The number of benzene rings is 1. The normalized spacial score (nSPS) is 15.2. The van der Waals surface area contributed by atoms with Gasteiger partial charge in [0.05, 0.1) is 16.9 Å². The molecule has 6 nitrogen and oxygen atoms in total. The Morgan fingerprint density at radius 1 is 1.03 bits per heavy atom. The predicted molar refractivity (Wildman–Crippen MR) is 113 cm³/mol. The van der Waals surface area contributed by atoms with Gasteiger partial charge in [-0.1, -0.05) is 13.0 Å². The zero-order valence-electron chi connectivity index (χ0n) is 17.1. The van der Waals surface area contributed by atoms with Crippen molar-refractivity contribution < 1.29 is 4.39 Å². The first kappa shape index (κ1) is 19.5. The molecule has 2 aromatic heterocycles. The number of H-pyrrole nitrogens is 1. The number of rotatable bonds is 4. The lowest BCUT2D eigenvalue weighted by molar-refractivity contribution is 0.246. The van der Waals surface area contributed by atoms with Gasteiger partial charge >= 0.3 is 0 Å². The van der Waals surface area contributed by atoms with E-state index in [4.69, 9.17) is 0 Å². The Bertz CT molecular complexity index is 1100. The number of aromatic nitrogens is 3. The lowest BCUT2D eigenvalue weighted by Gasteiger charge is -2.36. The summed E-state index contributed by atoms with van der Waals surface area (Å²) in [5.74, 6) is -0.385. The summed E-state index contributed by atoms with van der Waals surface area (Å²) in [6.45, 7) is 9.74. The van der Waals surface area contributed by atoms with Crippen molar-refractivity contribution in [2.45, 2.75) is 33.7 Å². The Labute approximate surface area is 169 Å². The molecule has 1 aromatic carbocycles. The van der Waals surface area contributed by atoms with Crippen LogP contribution in [0.4, 0.5) is 10.1 Å². The van der Waals surface area contributed by atoms with Crippen LogP contribution >= 0.6 is 0 Å². The number of hydrogen-bond donors (Lipinski definition) is 1. The van der Waals surface area contributed by atoms with E-state index in [0.717, 1.165) is 44.0 Å². The van der Waals surface area contributed by atoms with Crippen LogP contribution in [0.5, 0.6) is 0 Å². The van der Waals surface area contributed by atoms with Crippen molar-refractivity contribution in [1.29, 1.82) is 0 Å². The van der Waals surface area contributed by atoms with E-state index < -0.39 is 0 Å². The fourth-order valence-corrected chi connectivity index (χ4v) is 3.90. The molecule has 0 radical (unpaired) electrons. The van der Waals surface area contributed by atoms with Gasteiger partial charge in [0.1, 0.15) is 11.2 Å². The van der Waals surface area contributed by atoms with Crippen LogP contribution in [-0.2, 0) is 13.0 Å². The molecule has 1 aliphatic rings. The largest absolute Gasteiger partial charge is 0.368 e. The van der Waals surface area contributed by atoms with Crippen molar-refractivity contribution in [2.75, 3.05) is 31.1 Å². The molecular formula is C22H26FN5O. The molecule has 3 aromatic rings. The summed E-state index contributed by atoms with van der Waals surface area (Å²) in [7, 11) is 0. The summed E-state index contributed by atoms with van der Waals surface area (Å²) in [5, 5.41) is 0. The summed E-state index contributed by atoms with van der Waals surface area (Å²) < 4.78 is 14.9. The minimum absolute atomic E-state index is 0.189. The van der Waals surface area contributed by atoms with Crippen molar-refractivity contribution >= 4 is 16.7 Å². The van der Waals surface area contributed by atoms with Crippen molar-refractivity contribution in [1.82, 2.24) is 19.9 Å². The highest BCUT2D eigenvalue weighted by atomic mass is 19.1. The number of hydrogen-bond acceptors (Lipinski definition) is 5. The van der Waals surface area contributed by atoms with Crippen LogP contribution < -0.4 is 10.5 Å². The zero-order valence-corrected chi connectivity index (χ0v) is 17.1. The van der Waals surface area contributed by atoms with Crippen LogP contribution in [0.15, 0.2) is 29.1 Å². The molecule has 0 aliphatic carbocycles. The van der Waals surface area contributed by atoms with Crippen molar-refractivity contribution in [3.05, 3.63) is 63.1 Å². The van der Waals surface area contributed by atoms with Gasteiger partial charge in [-0.25, -0.2) is 9.37 Å². The SMILES string of the molecule is CCc1ccc(N2CCN(Cc3ccc4nc(C)c(=O)[nH]c4c3F)CC2)c(C)n1. The van der Waals surface area contributed by atoms with Crippen molar-refractivity contribution in [3.8, 4) is 0 Å². The number of anilines is 1. The zero-order chi connectivity index (χ0) is 20.5. The maximum absolute atomic E-state index is 14.9. The second-order valence-electron chi connectivity index (χ2n) is 7.61. The topological polar surface area (TPSA) is 65.1 Å². The molecule has 0 bridgehead atoms. The van der Waals surface area contributed by atoms with E-state index in [-0.39, 0.29) is 16.9 Å². The number of nitrogens with one attached hydrogen (secondary N) is 1. The number of aromatic amines is 1. The van der Waals surface area contributed by atoms with Gasteiger partial charge in [-0.3, -0.25) is 14.7 Å². The van der Waals surface area contributed by atoms with Crippen molar-refractivity contribution in [3.63, 3.8) is 0 Å². The first-order valence-corrected chi connectivity index (χ1v) is 10.1. The number of aryl methyl sites for hydroxylation is 3. The number of pyridine rings is 1. The molecule has 29 heavy (non-hydrogen) atoms. The molecule has 0 unspecified atom stereocenters. The quantitative estimate of drug-likeness (QED) is 0.736. The third kappa shape index (κ3) is 3.87. The van der Waals surface area contributed by atoms with Crippen LogP contribution in [0.3, 0.4) is 0 Å². The van der Waals surface area contributed by atoms with E-state index in [9.17, 15) is 9.18 Å². The number of nitrogens with zero attached hydrogens (tertiary/aromatic N) is 4. The number of fused-ring (bicyclic) bond motifs is 1. The van der Waals surface area contributed by atoms with E-state index >= 15 is 0 Å². The predicted octanol–water partition coefficient (Wildman–Crippen LogP) is 2.96. The molecule has 0 saturated carbocycles. The Balaban J connectivity index is 1.47. The van der Waals surface area contributed by atoms with Gasteiger partial charge < -0.3 is 9.88 Å². The van der Waals surface area contributed by atoms with E-state index in [0.29, 0.717) is 23.3 Å². The molecule has 1 saturated heterocycles. The molecule has 0 atom stereocenters.